The first-order valence-electron chi connectivity index (χ1n) is 4.76. The maximum atomic E-state index is 12.4. The van der Waals surface area contributed by atoms with Crippen LogP contribution >= 0.6 is 22.7 Å². The van der Waals surface area contributed by atoms with E-state index in [2.05, 4.69) is 10.3 Å². The summed E-state index contributed by atoms with van der Waals surface area (Å²) in [5.41, 5.74) is 0.799. The number of hydrogen-bond donors (Lipinski definition) is 1. The quantitative estimate of drug-likeness (QED) is 0.927. The molecule has 2 rings (SSSR count). The Morgan fingerprint density at radius 3 is 2.76 bits per heavy atom. The van der Waals surface area contributed by atoms with Crippen LogP contribution in [0.25, 0.3) is 10.4 Å². The fourth-order valence-electron chi connectivity index (χ4n) is 1.32. The van der Waals surface area contributed by atoms with E-state index in [1.165, 1.54) is 17.5 Å². The van der Waals surface area contributed by atoms with Gasteiger partial charge in [0.05, 0.1) is 4.88 Å². The van der Waals surface area contributed by atoms with Gasteiger partial charge in [-0.15, -0.1) is 22.7 Å². The molecule has 0 aliphatic carbocycles. The van der Waals surface area contributed by atoms with Crippen LogP contribution in [-0.4, -0.2) is 12.0 Å². The minimum absolute atomic E-state index is 0.552. The third-order valence-electron chi connectivity index (χ3n) is 2.04. The highest BCUT2D eigenvalue weighted by Gasteiger charge is 2.34. The van der Waals surface area contributed by atoms with Crippen LogP contribution in [0.5, 0.6) is 0 Å². The highest BCUT2D eigenvalue weighted by Crippen LogP contribution is 2.37. The van der Waals surface area contributed by atoms with Crippen molar-refractivity contribution < 1.29 is 13.2 Å². The summed E-state index contributed by atoms with van der Waals surface area (Å²) in [6.07, 6.45) is -3.08. The second-order valence-electron chi connectivity index (χ2n) is 3.36. The topological polar surface area (TPSA) is 24.9 Å². The highest BCUT2D eigenvalue weighted by atomic mass is 32.1. The molecule has 0 unspecified atom stereocenters. The van der Waals surface area contributed by atoms with Gasteiger partial charge < -0.3 is 5.32 Å². The minimum Gasteiger partial charge on any atom is -0.315 e. The van der Waals surface area contributed by atoms with Crippen LogP contribution in [0.4, 0.5) is 13.2 Å². The van der Waals surface area contributed by atoms with Gasteiger partial charge in [0.1, 0.15) is 0 Å². The molecule has 2 aromatic heterocycles. The SMILES string of the molecule is CNCc1cc(-c2cnc(C(F)(F)F)s2)cs1. The lowest BCUT2D eigenvalue weighted by Gasteiger charge is -1.98. The first kappa shape index (κ1) is 12.5. The van der Waals surface area contributed by atoms with Gasteiger partial charge in [-0.05, 0) is 18.5 Å². The molecule has 0 fully saturated rings. The van der Waals surface area contributed by atoms with E-state index in [1.54, 1.807) is 0 Å². The third kappa shape index (κ3) is 2.85. The number of rotatable bonds is 3. The Hall–Kier alpha value is -0.920. The highest BCUT2D eigenvalue weighted by molar-refractivity contribution is 7.16. The van der Waals surface area contributed by atoms with Crippen molar-refractivity contribution in [2.24, 2.45) is 0 Å². The molecule has 92 valence electrons. The van der Waals surface area contributed by atoms with Gasteiger partial charge in [-0.2, -0.15) is 13.2 Å². The molecule has 0 aliphatic heterocycles. The van der Waals surface area contributed by atoms with E-state index in [0.29, 0.717) is 16.2 Å². The van der Waals surface area contributed by atoms with Crippen molar-refractivity contribution in [1.82, 2.24) is 10.3 Å². The van der Waals surface area contributed by atoms with Crippen molar-refractivity contribution in [3.8, 4) is 10.4 Å². The normalized spacial score (nSPS) is 12.0. The molecule has 2 heterocycles. The van der Waals surface area contributed by atoms with Crippen LogP contribution in [0.1, 0.15) is 9.88 Å². The number of halogens is 3. The molecule has 0 spiro atoms. The molecule has 0 saturated carbocycles. The van der Waals surface area contributed by atoms with Crippen LogP contribution in [0.2, 0.25) is 0 Å². The Balaban J connectivity index is 2.24. The Labute approximate surface area is 104 Å². The van der Waals surface area contributed by atoms with E-state index in [1.807, 2.05) is 18.5 Å². The lowest BCUT2D eigenvalue weighted by atomic mass is 10.3. The largest absolute Gasteiger partial charge is 0.443 e. The average Bonchev–Trinajstić information content (AvgIpc) is 2.82. The van der Waals surface area contributed by atoms with E-state index in [-0.39, 0.29) is 0 Å². The zero-order chi connectivity index (χ0) is 12.5. The van der Waals surface area contributed by atoms with Crippen molar-refractivity contribution in [3.05, 3.63) is 27.5 Å². The van der Waals surface area contributed by atoms with Crippen LogP contribution in [-0.2, 0) is 12.7 Å². The zero-order valence-electron chi connectivity index (χ0n) is 8.84. The predicted molar refractivity (Wildman–Crippen MR) is 63.2 cm³/mol. The number of thiazole rings is 1. The lowest BCUT2D eigenvalue weighted by Crippen LogP contribution is -2.02. The summed E-state index contributed by atoms with van der Waals surface area (Å²) >= 11 is 2.20. The van der Waals surface area contributed by atoms with Gasteiger partial charge in [0.25, 0.3) is 0 Å². The van der Waals surface area contributed by atoms with Crippen LogP contribution in [0, 0.1) is 0 Å². The molecule has 0 atom stereocenters. The maximum Gasteiger partial charge on any atom is 0.443 e. The van der Waals surface area contributed by atoms with Crippen molar-refractivity contribution in [1.29, 1.82) is 0 Å². The van der Waals surface area contributed by atoms with Gasteiger partial charge in [-0.25, -0.2) is 4.98 Å². The number of nitrogens with one attached hydrogen (secondary N) is 1. The molecule has 2 nitrogen and oxygen atoms in total. The first-order valence-corrected chi connectivity index (χ1v) is 6.45. The van der Waals surface area contributed by atoms with E-state index in [9.17, 15) is 13.2 Å². The third-order valence-corrected chi connectivity index (χ3v) is 4.07. The van der Waals surface area contributed by atoms with Crippen LogP contribution in [0.15, 0.2) is 17.6 Å². The van der Waals surface area contributed by atoms with E-state index in [4.69, 9.17) is 0 Å². The molecule has 1 N–H and O–H groups in total. The fourth-order valence-corrected chi connectivity index (χ4v) is 3.06. The summed E-state index contributed by atoms with van der Waals surface area (Å²) in [6.45, 7) is 0.718. The Morgan fingerprint density at radius 2 is 2.18 bits per heavy atom. The summed E-state index contributed by atoms with van der Waals surface area (Å²) in [7, 11) is 1.83. The summed E-state index contributed by atoms with van der Waals surface area (Å²) in [6, 6.07) is 1.88. The van der Waals surface area contributed by atoms with Crippen molar-refractivity contribution in [3.63, 3.8) is 0 Å². The van der Waals surface area contributed by atoms with Crippen molar-refractivity contribution in [2.45, 2.75) is 12.7 Å². The van der Waals surface area contributed by atoms with Gasteiger partial charge in [0.2, 0.25) is 0 Å². The van der Waals surface area contributed by atoms with Gasteiger partial charge in [0.15, 0.2) is 5.01 Å². The standard InChI is InChI=1S/C10H9F3N2S2/c1-14-3-7-2-6(5-16-7)8-4-15-9(17-8)10(11,12)13/h2,4-5,14H,3H2,1H3. The molecular formula is C10H9F3N2S2. The summed E-state index contributed by atoms with van der Waals surface area (Å²) < 4.78 is 37.2. The number of thiophene rings is 1. The molecule has 0 aromatic carbocycles. The van der Waals surface area contributed by atoms with Gasteiger partial charge in [0, 0.05) is 23.2 Å². The van der Waals surface area contributed by atoms with E-state index >= 15 is 0 Å². The lowest BCUT2D eigenvalue weighted by molar-refractivity contribution is -0.137. The monoisotopic (exact) mass is 278 g/mol. The van der Waals surface area contributed by atoms with Gasteiger partial charge in [-0.1, -0.05) is 0 Å². The summed E-state index contributed by atoms with van der Waals surface area (Å²) in [5, 5.41) is 4.05. The first-order chi connectivity index (χ1) is 8.00. The molecule has 0 saturated heterocycles. The Bertz CT molecular complexity index is 502. The molecule has 2 aromatic rings. The molecule has 0 aliphatic rings. The van der Waals surface area contributed by atoms with Crippen molar-refractivity contribution >= 4 is 22.7 Å². The number of aromatic nitrogens is 1. The van der Waals surface area contributed by atoms with Gasteiger partial charge in [-0.3, -0.25) is 0 Å². The fraction of sp³-hybridized carbons (Fsp3) is 0.300. The second kappa shape index (κ2) is 4.75. The Morgan fingerprint density at radius 1 is 1.41 bits per heavy atom. The molecule has 17 heavy (non-hydrogen) atoms. The van der Waals surface area contributed by atoms with Crippen LogP contribution < -0.4 is 5.32 Å². The minimum atomic E-state index is -4.35. The zero-order valence-corrected chi connectivity index (χ0v) is 10.5. The van der Waals surface area contributed by atoms with Gasteiger partial charge >= 0.3 is 6.18 Å². The number of alkyl halides is 3. The maximum absolute atomic E-state index is 12.4. The molecule has 7 heteroatoms. The molecule has 0 radical (unpaired) electrons. The average molecular weight is 278 g/mol. The second-order valence-corrected chi connectivity index (χ2v) is 5.39. The van der Waals surface area contributed by atoms with E-state index in [0.717, 1.165) is 17.0 Å². The van der Waals surface area contributed by atoms with Crippen LogP contribution in [0.3, 0.4) is 0 Å². The van der Waals surface area contributed by atoms with E-state index < -0.39 is 11.2 Å². The smallest absolute Gasteiger partial charge is 0.315 e. The van der Waals surface area contributed by atoms with Crippen molar-refractivity contribution in [2.75, 3.05) is 7.05 Å². The Kier molecular flexibility index (Phi) is 3.50. The molecular weight excluding hydrogens is 269 g/mol. The predicted octanol–water partition coefficient (Wildman–Crippen LogP) is 3.61. The summed E-state index contributed by atoms with van der Waals surface area (Å²) in [5.74, 6) is 0. The molecule has 0 amide bonds. The number of nitrogens with zero attached hydrogens (tertiary/aromatic N) is 1. The molecule has 0 bridgehead atoms. The summed E-state index contributed by atoms with van der Waals surface area (Å²) in [4.78, 5) is 5.04. The number of hydrogen-bond acceptors (Lipinski definition) is 4.